The Morgan fingerprint density at radius 2 is 1.85 bits per heavy atom. The molecule has 0 amide bonds. The summed E-state index contributed by atoms with van der Waals surface area (Å²) in [4.78, 5) is 10.8. The van der Waals surface area contributed by atoms with Gasteiger partial charge in [0.05, 0.1) is 7.11 Å². The fourth-order valence-corrected chi connectivity index (χ4v) is 1.79. The molecular formula is C11H18O2. The van der Waals surface area contributed by atoms with Crippen LogP contribution in [0, 0.1) is 5.92 Å². The van der Waals surface area contributed by atoms with Crippen molar-refractivity contribution in [3.8, 4) is 0 Å². The van der Waals surface area contributed by atoms with Crippen molar-refractivity contribution in [3.05, 3.63) is 12.2 Å². The van der Waals surface area contributed by atoms with Crippen molar-refractivity contribution < 1.29 is 9.53 Å². The van der Waals surface area contributed by atoms with Gasteiger partial charge < -0.3 is 4.74 Å². The summed E-state index contributed by atoms with van der Waals surface area (Å²) in [7, 11) is 1.42. The molecule has 0 spiro atoms. The summed E-state index contributed by atoms with van der Waals surface area (Å²) in [5, 5.41) is 0. The number of rotatable bonds is 2. The molecule has 1 aliphatic rings. The molecule has 0 N–H and O–H groups in total. The second-order valence-corrected chi connectivity index (χ2v) is 3.63. The van der Waals surface area contributed by atoms with Crippen molar-refractivity contribution in [1.82, 2.24) is 0 Å². The van der Waals surface area contributed by atoms with Crippen LogP contribution in [0.3, 0.4) is 0 Å². The second-order valence-electron chi connectivity index (χ2n) is 3.63. The summed E-state index contributed by atoms with van der Waals surface area (Å²) in [5.41, 5.74) is 0. The highest BCUT2D eigenvalue weighted by molar-refractivity contribution is 5.81. The summed E-state index contributed by atoms with van der Waals surface area (Å²) in [6.07, 6.45) is 11.3. The fraction of sp³-hybridized carbons (Fsp3) is 0.727. The molecule has 0 bridgehead atoms. The highest BCUT2D eigenvalue weighted by Crippen LogP contribution is 2.23. The normalized spacial score (nSPS) is 20.1. The van der Waals surface area contributed by atoms with Gasteiger partial charge in [-0.15, -0.1) is 0 Å². The zero-order chi connectivity index (χ0) is 9.52. The van der Waals surface area contributed by atoms with Crippen LogP contribution in [0.25, 0.3) is 0 Å². The van der Waals surface area contributed by atoms with Gasteiger partial charge in [-0.05, 0) is 18.8 Å². The van der Waals surface area contributed by atoms with Gasteiger partial charge in [-0.25, -0.2) is 4.79 Å². The number of allylic oxidation sites excluding steroid dienone is 1. The first-order valence-corrected chi connectivity index (χ1v) is 5.09. The summed E-state index contributed by atoms with van der Waals surface area (Å²) in [6.45, 7) is 0. The molecule has 1 rings (SSSR count). The van der Waals surface area contributed by atoms with Gasteiger partial charge in [-0.3, -0.25) is 0 Å². The predicted molar refractivity (Wildman–Crippen MR) is 52.3 cm³/mol. The van der Waals surface area contributed by atoms with Crippen LogP contribution in [0.1, 0.15) is 38.5 Å². The third kappa shape index (κ3) is 4.11. The highest BCUT2D eigenvalue weighted by Gasteiger charge is 2.09. The lowest BCUT2D eigenvalue weighted by Gasteiger charge is -2.06. The molecule has 2 heteroatoms. The number of methoxy groups -OCH3 is 1. The van der Waals surface area contributed by atoms with E-state index in [1.807, 2.05) is 6.08 Å². The van der Waals surface area contributed by atoms with E-state index in [9.17, 15) is 4.79 Å². The number of hydrogen-bond donors (Lipinski definition) is 0. The molecule has 13 heavy (non-hydrogen) atoms. The maximum Gasteiger partial charge on any atom is 0.330 e. The quantitative estimate of drug-likeness (QED) is 0.373. The third-order valence-electron chi connectivity index (χ3n) is 2.61. The molecule has 0 atom stereocenters. The van der Waals surface area contributed by atoms with Crippen molar-refractivity contribution in [2.45, 2.75) is 38.5 Å². The van der Waals surface area contributed by atoms with E-state index in [0.29, 0.717) is 5.92 Å². The van der Waals surface area contributed by atoms with Gasteiger partial charge in [-0.2, -0.15) is 0 Å². The van der Waals surface area contributed by atoms with Gasteiger partial charge in [0.1, 0.15) is 0 Å². The minimum atomic E-state index is -0.232. The molecule has 0 aliphatic heterocycles. The van der Waals surface area contributed by atoms with Crippen LogP contribution in [0.4, 0.5) is 0 Å². The van der Waals surface area contributed by atoms with E-state index >= 15 is 0 Å². The zero-order valence-corrected chi connectivity index (χ0v) is 8.29. The number of ether oxygens (including phenoxy) is 1. The van der Waals surface area contributed by atoms with E-state index in [1.165, 1.54) is 45.6 Å². The van der Waals surface area contributed by atoms with Crippen LogP contribution in [0.2, 0.25) is 0 Å². The van der Waals surface area contributed by atoms with Gasteiger partial charge in [0, 0.05) is 6.08 Å². The molecule has 0 saturated heterocycles. The molecule has 1 saturated carbocycles. The first-order valence-electron chi connectivity index (χ1n) is 5.09. The van der Waals surface area contributed by atoms with Crippen molar-refractivity contribution >= 4 is 5.97 Å². The Morgan fingerprint density at radius 3 is 2.38 bits per heavy atom. The molecule has 2 nitrogen and oxygen atoms in total. The number of hydrogen-bond acceptors (Lipinski definition) is 2. The second kappa shape index (κ2) is 5.79. The molecule has 0 aromatic carbocycles. The minimum Gasteiger partial charge on any atom is -0.466 e. The van der Waals surface area contributed by atoms with Crippen molar-refractivity contribution in [2.24, 2.45) is 5.92 Å². The molecule has 0 radical (unpaired) electrons. The molecule has 0 heterocycles. The molecule has 0 aromatic rings. The molecular weight excluding hydrogens is 164 g/mol. The van der Waals surface area contributed by atoms with Crippen LogP contribution < -0.4 is 0 Å². The van der Waals surface area contributed by atoms with Crippen LogP contribution in [-0.4, -0.2) is 13.1 Å². The van der Waals surface area contributed by atoms with Gasteiger partial charge in [0.25, 0.3) is 0 Å². The zero-order valence-electron chi connectivity index (χ0n) is 8.29. The van der Waals surface area contributed by atoms with E-state index in [-0.39, 0.29) is 5.97 Å². The number of carbonyl (C=O) groups is 1. The molecule has 1 fully saturated rings. The van der Waals surface area contributed by atoms with Crippen molar-refractivity contribution in [3.63, 3.8) is 0 Å². The van der Waals surface area contributed by atoms with Crippen molar-refractivity contribution in [1.29, 1.82) is 0 Å². The lowest BCUT2D eigenvalue weighted by Crippen LogP contribution is -1.98. The summed E-state index contributed by atoms with van der Waals surface area (Å²) >= 11 is 0. The van der Waals surface area contributed by atoms with Gasteiger partial charge in [0.15, 0.2) is 0 Å². The van der Waals surface area contributed by atoms with Crippen molar-refractivity contribution in [2.75, 3.05) is 7.11 Å². The van der Waals surface area contributed by atoms with Crippen LogP contribution in [0.5, 0.6) is 0 Å². The number of esters is 1. The smallest absolute Gasteiger partial charge is 0.330 e. The monoisotopic (exact) mass is 182 g/mol. The predicted octanol–water partition coefficient (Wildman–Crippen LogP) is 2.69. The van der Waals surface area contributed by atoms with E-state index in [2.05, 4.69) is 4.74 Å². The fourth-order valence-electron chi connectivity index (χ4n) is 1.79. The van der Waals surface area contributed by atoms with Crippen LogP contribution in [-0.2, 0) is 9.53 Å². The van der Waals surface area contributed by atoms with E-state index in [4.69, 9.17) is 0 Å². The van der Waals surface area contributed by atoms with Gasteiger partial charge in [0.2, 0.25) is 0 Å². The largest absolute Gasteiger partial charge is 0.466 e. The Kier molecular flexibility index (Phi) is 4.58. The molecule has 1 aliphatic carbocycles. The van der Waals surface area contributed by atoms with Crippen LogP contribution in [0.15, 0.2) is 12.2 Å². The lowest BCUT2D eigenvalue weighted by atomic mass is 10.00. The Morgan fingerprint density at radius 1 is 1.23 bits per heavy atom. The molecule has 0 aromatic heterocycles. The van der Waals surface area contributed by atoms with E-state index in [0.717, 1.165) is 0 Å². The minimum absolute atomic E-state index is 0.232. The summed E-state index contributed by atoms with van der Waals surface area (Å²) in [6, 6.07) is 0. The number of carbonyl (C=O) groups excluding carboxylic acids is 1. The van der Waals surface area contributed by atoms with E-state index < -0.39 is 0 Å². The summed E-state index contributed by atoms with van der Waals surface area (Å²) < 4.78 is 4.55. The van der Waals surface area contributed by atoms with E-state index in [1.54, 1.807) is 6.08 Å². The first-order chi connectivity index (χ1) is 6.33. The average Bonchev–Trinajstić information content (AvgIpc) is 2.42. The maximum absolute atomic E-state index is 10.8. The SMILES string of the molecule is COC(=O)/C=C\C1CCCCCC1. The third-order valence-corrected chi connectivity index (χ3v) is 2.61. The standard InChI is InChI=1S/C11H18O2/c1-13-11(12)9-8-10-6-4-2-3-5-7-10/h8-10H,2-7H2,1H3/b9-8-. The van der Waals surface area contributed by atoms with Gasteiger partial charge >= 0.3 is 5.97 Å². The highest BCUT2D eigenvalue weighted by atomic mass is 16.5. The topological polar surface area (TPSA) is 26.3 Å². The Hall–Kier alpha value is -0.790. The average molecular weight is 182 g/mol. The molecule has 0 unspecified atom stereocenters. The first kappa shape index (κ1) is 10.3. The maximum atomic E-state index is 10.8. The summed E-state index contributed by atoms with van der Waals surface area (Å²) in [5.74, 6) is 0.367. The molecule has 74 valence electrons. The lowest BCUT2D eigenvalue weighted by molar-refractivity contribution is -0.134. The van der Waals surface area contributed by atoms with Crippen LogP contribution >= 0.6 is 0 Å². The van der Waals surface area contributed by atoms with Gasteiger partial charge in [-0.1, -0.05) is 31.8 Å². The Labute approximate surface area is 80.0 Å². The Balaban J connectivity index is 2.33. The Bertz CT molecular complexity index is 177.